The van der Waals surface area contributed by atoms with Crippen LogP contribution in [0, 0.1) is 38.0 Å². The van der Waals surface area contributed by atoms with Crippen molar-refractivity contribution in [2.45, 2.75) is 159 Å². The minimum absolute atomic E-state index is 0. The monoisotopic (exact) mass is 1480 g/mol. The molecule has 8 aromatic carbocycles. The summed E-state index contributed by atoms with van der Waals surface area (Å²) in [5.74, 6) is -7.24. The van der Waals surface area contributed by atoms with Gasteiger partial charge in [0.15, 0.2) is 0 Å². The van der Waals surface area contributed by atoms with Crippen molar-refractivity contribution < 1.29 is 86.1 Å². The van der Waals surface area contributed by atoms with E-state index < -0.39 is 75.4 Å². The summed E-state index contributed by atoms with van der Waals surface area (Å²) in [6, 6.07) is 71.9. The Morgan fingerprint density at radius 3 is 0.769 bits per heavy atom. The zero-order valence-electron chi connectivity index (χ0n) is 57.8. The quantitative estimate of drug-likeness (QED) is 0.0113. The summed E-state index contributed by atoms with van der Waals surface area (Å²) in [6.07, 6.45) is -0.636. The summed E-state index contributed by atoms with van der Waals surface area (Å²) < 4.78 is 42.6. The van der Waals surface area contributed by atoms with E-state index in [1.165, 1.54) is 0 Å². The van der Waals surface area contributed by atoms with Crippen LogP contribution in [-0.4, -0.2) is 70.2 Å². The summed E-state index contributed by atoms with van der Waals surface area (Å²) in [5, 5.41) is 23.2. The van der Waals surface area contributed by atoms with Crippen molar-refractivity contribution in [2.24, 2.45) is 17.8 Å². The molecule has 3 atom stereocenters. The average molecular weight is 1480 g/mol. The standard InChI is InChI=1S/C41H43NO10.C21H23NO6.C20H20O4.4CH4/c43-38(49-27-31-13-5-1-6-14-31)23-21-35(40(45)51-29-33-17-9-3-10-18-33)25-37(42(47)48)26-36(41(46)52-30-34-19-11-4-12-20-34)22-24-39(44)50-28-32-15-7-2-8-16-32;23-20(27-15-17-7-3-1-4-8-17)12-11-19(13-14-22(25)26)21(24)28-16-18-9-5-2-6-10-18;1-16(20(22)24-15-18-10-6-3-7-11-18)12-13-19(21)23-14-17-8-4-2-5-9-17;;;;/h1-20,35-37H,21-30H2;1-10,19H,11-16H2;2-11H,1,12-15H2;4*1H4. The number of benzene rings is 8. The van der Waals surface area contributed by atoms with E-state index in [1.54, 1.807) is 48.5 Å². The highest BCUT2D eigenvalue weighted by atomic mass is 16.6. The molecular formula is C86H102N2O20. The molecule has 0 saturated carbocycles. The van der Waals surface area contributed by atoms with Gasteiger partial charge in [-0.1, -0.05) is 279 Å². The lowest BCUT2D eigenvalue weighted by Gasteiger charge is -2.21. The molecule has 0 bridgehead atoms. The number of nitro groups is 2. The van der Waals surface area contributed by atoms with Crippen LogP contribution in [-0.2, 0) is 129 Å². The van der Waals surface area contributed by atoms with Crippen molar-refractivity contribution >= 4 is 47.8 Å². The number of nitrogens with zero attached hydrogens (tertiary/aromatic N) is 2. The second kappa shape index (κ2) is 53.8. The number of hydrogen-bond acceptors (Lipinski definition) is 20. The van der Waals surface area contributed by atoms with Crippen molar-refractivity contribution in [3.63, 3.8) is 0 Å². The lowest BCUT2D eigenvalue weighted by atomic mass is 9.88. The number of ether oxygens (including phenoxy) is 8. The number of hydrogen-bond donors (Lipinski definition) is 0. The van der Waals surface area contributed by atoms with Crippen LogP contribution < -0.4 is 0 Å². The molecule has 0 aliphatic rings. The van der Waals surface area contributed by atoms with Gasteiger partial charge in [0.25, 0.3) is 0 Å². The van der Waals surface area contributed by atoms with Crippen molar-refractivity contribution in [3.8, 4) is 0 Å². The highest BCUT2D eigenvalue weighted by Crippen LogP contribution is 2.27. The van der Waals surface area contributed by atoms with Gasteiger partial charge in [-0.2, -0.15) is 0 Å². The lowest BCUT2D eigenvalue weighted by Crippen LogP contribution is -2.33. The Labute approximate surface area is 634 Å². The summed E-state index contributed by atoms with van der Waals surface area (Å²) in [4.78, 5) is 122. The molecule has 3 unspecified atom stereocenters. The van der Waals surface area contributed by atoms with E-state index in [9.17, 15) is 58.6 Å². The first-order chi connectivity index (χ1) is 50.5. The van der Waals surface area contributed by atoms with Crippen LogP contribution >= 0.6 is 0 Å². The van der Waals surface area contributed by atoms with Crippen LogP contribution in [0.25, 0.3) is 0 Å². The maximum atomic E-state index is 13.4. The first kappa shape index (κ1) is 92.1. The lowest BCUT2D eigenvalue weighted by molar-refractivity contribution is -0.526. The van der Waals surface area contributed by atoms with E-state index in [1.807, 2.05) is 194 Å². The van der Waals surface area contributed by atoms with Crippen LogP contribution in [0.5, 0.6) is 0 Å². The number of carbonyl (C=O) groups is 8. The molecule has 0 N–H and O–H groups in total. The van der Waals surface area contributed by atoms with E-state index in [0.29, 0.717) is 0 Å². The molecule has 0 heterocycles. The minimum atomic E-state index is -1.40. The first-order valence-corrected chi connectivity index (χ1v) is 34.0. The Kier molecular flexibility index (Phi) is 45.9. The number of carbonyl (C=O) groups excluding carboxylic acids is 8. The molecule has 0 radical (unpaired) electrons. The predicted molar refractivity (Wildman–Crippen MR) is 410 cm³/mol. The van der Waals surface area contributed by atoms with Crippen molar-refractivity contribution in [1.29, 1.82) is 0 Å². The molecule has 108 heavy (non-hydrogen) atoms. The fourth-order valence-corrected chi connectivity index (χ4v) is 10.1. The molecule has 0 aliphatic heterocycles. The summed E-state index contributed by atoms with van der Waals surface area (Å²) in [5.41, 5.74) is 6.81. The van der Waals surface area contributed by atoms with E-state index in [0.717, 1.165) is 44.5 Å². The zero-order chi connectivity index (χ0) is 74.4. The van der Waals surface area contributed by atoms with Crippen LogP contribution in [0.1, 0.15) is 145 Å². The Morgan fingerprint density at radius 2 is 0.519 bits per heavy atom. The Morgan fingerprint density at radius 1 is 0.296 bits per heavy atom. The molecule has 8 aromatic rings. The van der Waals surface area contributed by atoms with Crippen LogP contribution in [0.2, 0.25) is 0 Å². The minimum Gasteiger partial charge on any atom is -0.461 e. The van der Waals surface area contributed by atoms with Crippen LogP contribution in [0.4, 0.5) is 0 Å². The van der Waals surface area contributed by atoms with Gasteiger partial charge in [-0.25, -0.2) is 4.79 Å². The third-order valence-corrected chi connectivity index (χ3v) is 15.9. The molecule has 0 aliphatic carbocycles. The van der Waals surface area contributed by atoms with E-state index >= 15 is 0 Å². The zero-order valence-corrected chi connectivity index (χ0v) is 57.8. The van der Waals surface area contributed by atoms with Gasteiger partial charge >= 0.3 is 47.8 Å². The van der Waals surface area contributed by atoms with Gasteiger partial charge in [0.1, 0.15) is 52.9 Å². The molecule has 576 valence electrons. The molecule has 8 rings (SSSR count). The molecule has 22 heteroatoms. The Balaban J connectivity index is 0.000000597. The highest BCUT2D eigenvalue weighted by molar-refractivity contribution is 5.88. The van der Waals surface area contributed by atoms with Gasteiger partial charge in [0.2, 0.25) is 12.6 Å². The third-order valence-electron chi connectivity index (χ3n) is 15.9. The predicted octanol–water partition coefficient (Wildman–Crippen LogP) is 17.1. The van der Waals surface area contributed by atoms with Gasteiger partial charge in [0.05, 0.1) is 17.8 Å². The van der Waals surface area contributed by atoms with Gasteiger partial charge < -0.3 is 37.9 Å². The number of esters is 8. The van der Waals surface area contributed by atoms with E-state index in [2.05, 4.69) is 6.58 Å². The Hall–Kier alpha value is -11.9. The largest absolute Gasteiger partial charge is 0.461 e. The summed E-state index contributed by atoms with van der Waals surface area (Å²) in [6.45, 7) is 3.95. The number of rotatable bonds is 40. The summed E-state index contributed by atoms with van der Waals surface area (Å²) in [7, 11) is 0. The van der Waals surface area contributed by atoms with Crippen LogP contribution in [0.15, 0.2) is 255 Å². The first-order valence-electron chi connectivity index (χ1n) is 34.0. The topological polar surface area (TPSA) is 297 Å². The van der Waals surface area contributed by atoms with Gasteiger partial charge in [-0.05, 0) is 70.2 Å². The molecule has 0 fully saturated rings. The van der Waals surface area contributed by atoms with Crippen LogP contribution in [0.3, 0.4) is 0 Å². The van der Waals surface area contributed by atoms with Crippen molar-refractivity contribution in [1.82, 2.24) is 0 Å². The molecule has 22 nitrogen and oxygen atoms in total. The molecular weight excluding hydrogens is 1380 g/mol. The Bertz CT molecular complexity index is 3790. The molecule has 0 amide bonds. The fraction of sp³-hybridized carbons (Fsp3) is 0.326. The van der Waals surface area contributed by atoms with E-state index in [4.69, 9.17) is 37.9 Å². The van der Waals surface area contributed by atoms with Crippen molar-refractivity contribution in [2.75, 3.05) is 6.54 Å². The maximum Gasteiger partial charge on any atom is 0.333 e. The van der Waals surface area contributed by atoms with Gasteiger partial charge in [-0.15, -0.1) is 0 Å². The normalized spacial score (nSPS) is 11.2. The fourth-order valence-electron chi connectivity index (χ4n) is 10.1. The summed E-state index contributed by atoms with van der Waals surface area (Å²) >= 11 is 0. The van der Waals surface area contributed by atoms with Gasteiger partial charge in [-0.3, -0.25) is 53.8 Å². The van der Waals surface area contributed by atoms with Gasteiger partial charge in [0, 0.05) is 60.4 Å². The maximum absolute atomic E-state index is 13.4. The highest BCUT2D eigenvalue weighted by Gasteiger charge is 2.36. The van der Waals surface area contributed by atoms with Crippen molar-refractivity contribution in [3.05, 3.63) is 320 Å². The second-order valence-electron chi connectivity index (χ2n) is 24.0. The third kappa shape index (κ3) is 38.7. The smallest absolute Gasteiger partial charge is 0.333 e. The molecule has 0 spiro atoms. The average Bonchev–Trinajstić information content (AvgIpc) is 0.864. The molecule has 0 aromatic heterocycles. The molecule has 0 saturated heterocycles. The second-order valence-corrected chi connectivity index (χ2v) is 24.0. The van der Waals surface area contributed by atoms with E-state index in [-0.39, 0.29) is 171 Å². The SMILES string of the molecule is C.C.C.C.C=C(CCC(=O)OCc1ccccc1)C(=O)OCc1ccccc1.O=C(CCC(CC(CC(CCC(=O)OCc1ccccc1)C(=O)OCc1ccccc1)[N+](=O)[O-])C(=O)OCc1ccccc1)OCc1ccccc1.O=C(CCC(CC[N+](=O)[O-])C(=O)OCc1ccccc1)OCc1ccccc1.